The molecule has 1 nitrogen and oxygen atoms in total. The van der Waals surface area contributed by atoms with Gasteiger partial charge in [-0.1, -0.05) is 29.3 Å². The van der Waals surface area contributed by atoms with Crippen molar-refractivity contribution in [2.45, 2.75) is 12.6 Å². The molecule has 15 heavy (non-hydrogen) atoms. The first-order chi connectivity index (χ1) is 6.80. The van der Waals surface area contributed by atoms with Crippen LogP contribution in [0.1, 0.15) is 5.56 Å². The van der Waals surface area contributed by atoms with Crippen LogP contribution >= 0.6 is 23.2 Å². The molecule has 0 aliphatic rings. The molecule has 6 heteroatoms. The quantitative estimate of drug-likeness (QED) is 0.789. The zero-order valence-corrected chi connectivity index (χ0v) is 8.75. The van der Waals surface area contributed by atoms with Gasteiger partial charge in [-0.15, -0.1) is 0 Å². The Morgan fingerprint density at radius 3 is 2.33 bits per heavy atom. The first-order valence-corrected chi connectivity index (χ1v) is 4.60. The van der Waals surface area contributed by atoms with Crippen LogP contribution in [0.4, 0.5) is 13.2 Å². The Labute approximate surface area is 93.8 Å². The maximum Gasteiger partial charge on any atom is 0.450 e. The minimum atomic E-state index is -4.83. The molecule has 0 amide bonds. The molecule has 0 radical (unpaired) electrons. The standard InChI is InChI=1S/C9H5Cl2F3O/c10-6-2-1-5(7(11)4-6)3-8(15)9(12,13)14/h1-2,4H,3H2. The topological polar surface area (TPSA) is 17.1 Å². The summed E-state index contributed by atoms with van der Waals surface area (Å²) in [5.74, 6) is -1.83. The molecule has 0 saturated heterocycles. The van der Waals surface area contributed by atoms with E-state index in [1.54, 1.807) is 0 Å². The summed E-state index contributed by atoms with van der Waals surface area (Å²) in [6.07, 6.45) is -5.59. The number of carbonyl (C=O) groups excluding carboxylic acids is 1. The molecule has 1 rings (SSSR count). The number of Topliss-reactive ketones (excluding diaryl/α,β-unsaturated/α-hetero) is 1. The van der Waals surface area contributed by atoms with Crippen molar-refractivity contribution < 1.29 is 18.0 Å². The molecule has 0 aliphatic heterocycles. The lowest BCUT2D eigenvalue weighted by Gasteiger charge is -2.06. The van der Waals surface area contributed by atoms with E-state index in [-0.39, 0.29) is 10.6 Å². The highest BCUT2D eigenvalue weighted by molar-refractivity contribution is 6.35. The molecule has 0 unspecified atom stereocenters. The summed E-state index contributed by atoms with van der Waals surface area (Å²) < 4.78 is 35.8. The summed E-state index contributed by atoms with van der Waals surface area (Å²) in [4.78, 5) is 10.7. The second-order valence-electron chi connectivity index (χ2n) is 2.83. The Morgan fingerprint density at radius 2 is 1.87 bits per heavy atom. The Balaban J connectivity index is 2.87. The molecule has 0 aromatic heterocycles. The highest BCUT2D eigenvalue weighted by Crippen LogP contribution is 2.24. The van der Waals surface area contributed by atoms with Crippen LogP contribution in [0.2, 0.25) is 10.0 Å². The highest BCUT2D eigenvalue weighted by atomic mass is 35.5. The predicted molar refractivity (Wildman–Crippen MR) is 51.2 cm³/mol. The summed E-state index contributed by atoms with van der Waals surface area (Å²) in [6, 6.07) is 3.98. The Bertz CT molecular complexity index is 387. The van der Waals surface area contributed by atoms with Gasteiger partial charge in [0, 0.05) is 16.5 Å². The lowest BCUT2D eigenvalue weighted by molar-refractivity contribution is -0.170. The summed E-state index contributed by atoms with van der Waals surface area (Å²) in [5.41, 5.74) is 0.114. The molecule has 1 aromatic rings. The molecular formula is C9H5Cl2F3O. The summed E-state index contributed by atoms with van der Waals surface area (Å²) in [5, 5.41) is 0.364. The fraction of sp³-hybridized carbons (Fsp3) is 0.222. The first-order valence-electron chi connectivity index (χ1n) is 3.84. The van der Waals surface area contributed by atoms with E-state index in [2.05, 4.69) is 0 Å². The van der Waals surface area contributed by atoms with Gasteiger partial charge in [-0.25, -0.2) is 0 Å². The SMILES string of the molecule is O=C(Cc1ccc(Cl)cc1Cl)C(F)(F)F. The summed E-state index contributed by atoms with van der Waals surface area (Å²) >= 11 is 11.2. The minimum Gasteiger partial charge on any atom is -0.289 e. The Hall–Kier alpha value is -0.740. The summed E-state index contributed by atoms with van der Waals surface area (Å²) in [6.45, 7) is 0. The molecule has 0 saturated carbocycles. The van der Waals surface area contributed by atoms with Crippen LogP contribution in [0.5, 0.6) is 0 Å². The predicted octanol–water partition coefficient (Wildman–Crippen LogP) is 3.67. The fourth-order valence-corrected chi connectivity index (χ4v) is 1.41. The van der Waals surface area contributed by atoms with Crippen molar-refractivity contribution in [2.75, 3.05) is 0 Å². The summed E-state index contributed by atoms with van der Waals surface area (Å²) in [7, 11) is 0. The largest absolute Gasteiger partial charge is 0.450 e. The Morgan fingerprint density at radius 1 is 1.27 bits per heavy atom. The van der Waals surface area contributed by atoms with Crippen molar-refractivity contribution in [3.05, 3.63) is 33.8 Å². The van der Waals surface area contributed by atoms with E-state index in [0.717, 1.165) is 0 Å². The third kappa shape index (κ3) is 3.39. The molecule has 1 aromatic carbocycles. The zero-order chi connectivity index (χ0) is 11.6. The second-order valence-corrected chi connectivity index (χ2v) is 3.68. The van der Waals surface area contributed by atoms with E-state index in [0.29, 0.717) is 5.02 Å². The number of ketones is 1. The van der Waals surface area contributed by atoms with Gasteiger partial charge in [0.1, 0.15) is 0 Å². The second kappa shape index (κ2) is 4.41. The van der Waals surface area contributed by atoms with Gasteiger partial charge in [-0.05, 0) is 17.7 Å². The highest BCUT2D eigenvalue weighted by Gasteiger charge is 2.37. The van der Waals surface area contributed by atoms with Crippen LogP contribution in [0.3, 0.4) is 0 Å². The maximum absolute atomic E-state index is 11.9. The van der Waals surface area contributed by atoms with Gasteiger partial charge in [0.15, 0.2) is 0 Å². The minimum absolute atomic E-state index is 0.0556. The van der Waals surface area contributed by atoms with E-state index < -0.39 is 18.4 Å². The number of hydrogen-bond acceptors (Lipinski definition) is 1. The lowest BCUT2D eigenvalue weighted by atomic mass is 10.1. The van der Waals surface area contributed by atoms with Crippen molar-refractivity contribution >= 4 is 29.0 Å². The van der Waals surface area contributed by atoms with Crippen molar-refractivity contribution in [3.63, 3.8) is 0 Å². The van der Waals surface area contributed by atoms with Crippen LogP contribution in [0.15, 0.2) is 18.2 Å². The molecule has 0 spiro atoms. The van der Waals surface area contributed by atoms with Crippen LogP contribution in [0, 0.1) is 0 Å². The molecular weight excluding hydrogens is 252 g/mol. The fourth-order valence-electron chi connectivity index (χ4n) is 0.938. The van der Waals surface area contributed by atoms with Crippen LogP contribution < -0.4 is 0 Å². The number of halogens is 5. The van der Waals surface area contributed by atoms with Gasteiger partial charge < -0.3 is 0 Å². The van der Waals surface area contributed by atoms with Gasteiger partial charge in [-0.3, -0.25) is 4.79 Å². The van der Waals surface area contributed by atoms with E-state index >= 15 is 0 Å². The first kappa shape index (κ1) is 12.3. The number of benzene rings is 1. The van der Waals surface area contributed by atoms with Gasteiger partial charge in [0.05, 0.1) is 0 Å². The third-order valence-corrected chi connectivity index (χ3v) is 2.27. The zero-order valence-electron chi connectivity index (χ0n) is 7.24. The van der Waals surface area contributed by atoms with E-state index in [4.69, 9.17) is 23.2 Å². The van der Waals surface area contributed by atoms with E-state index in [9.17, 15) is 18.0 Å². The molecule has 82 valence electrons. The van der Waals surface area contributed by atoms with Gasteiger partial charge in [0.2, 0.25) is 5.78 Å². The van der Waals surface area contributed by atoms with Crippen molar-refractivity contribution in [3.8, 4) is 0 Å². The molecule has 0 bridgehead atoms. The van der Waals surface area contributed by atoms with Gasteiger partial charge in [-0.2, -0.15) is 13.2 Å². The number of carbonyl (C=O) groups is 1. The molecule has 0 N–H and O–H groups in total. The van der Waals surface area contributed by atoms with Crippen LogP contribution in [-0.2, 0) is 11.2 Å². The van der Waals surface area contributed by atoms with Crippen LogP contribution in [0.25, 0.3) is 0 Å². The van der Waals surface area contributed by atoms with Gasteiger partial charge in [0.25, 0.3) is 0 Å². The molecule has 0 aliphatic carbocycles. The normalized spacial score (nSPS) is 11.5. The van der Waals surface area contributed by atoms with Crippen molar-refractivity contribution in [1.29, 1.82) is 0 Å². The number of alkyl halides is 3. The maximum atomic E-state index is 11.9. The molecule has 0 heterocycles. The number of hydrogen-bond donors (Lipinski definition) is 0. The average molecular weight is 257 g/mol. The molecule has 0 fully saturated rings. The smallest absolute Gasteiger partial charge is 0.289 e. The lowest BCUT2D eigenvalue weighted by Crippen LogP contribution is -2.24. The van der Waals surface area contributed by atoms with Gasteiger partial charge >= 0.3 is 6.18 Å². The average Bonchev–Trinajstić information content (AvgIpc) is 2.08. The van der Waals surface area contributed by atoms with Crippen LogP contribution in [-0.4, -0.2) is 12.0 Å². The molecule has 0 atom stereocenters. The number of rotatable bonds is 2. The van der Waals surface area contributed by atoms with Crippen molar-refractivity contribution in [2.24, 2.45) is 0 Å². The Kier molecular flexibility index (Phi) is 3.62. The monoisotopic (exact) mass is 256 g/mol. The van der Waals surface area contributed by atoms with E-state index in [1.807, 2.05) is 0 Å². The van der Waals surface area contributed by atoms with Crippen molar-refractivity contribution in [1.82, 2.24) is 0 Å². The third-order valence-electron chi connectivity index (χ3n) is 1.68. The van der Waals surface area contributed by atoms with E-state index in [1.165, 1.54) is 18.2 Å².